The number of nitrogens with zero attached hydrogens (tertiary/aromatic N) is 1. The van der Waals surface area contributed by atoms with Gasteiger partial charge in [0.2, 0.25) is 10.0 Å². The van der Waals surface area contributed by atoms with Crippen LogP contribution in [-0.2, 0) is 10.0 Å². The molecule has 0 amide bonds. The minimum absolute atomic E-state index is 0.0245. The molecular formula is C10H12N2O2S. The molecule has 0 unspecified atom stereocenters. The van der Waals surface area contributed by atoms with E-state index in [1.165, 1.54) is 19.2 Å². The molecule has 0 bridgehead atoms. The van der Waals surface area contributed by atoms with Gasteiger partial charge in [0.05, 0.1) is 12.2 Å². The molecule has 0 spiro atoms. The second-order valence-corrected chi connectivity index (χ2v) is 5.02. The molecule has 0 atom stereocenters. The highest BCUT2D eigenvalue weighted by Crippen LogP contribution is 2.20. The number of anilines is 1. The smallest absolute Gasteiger partial charge is 0.245 e. The van der Waals surface area contributed by atoms with Gasteiger partial charge in [-0.1, -0.05) is 18.1 Å². The Morgan fingerprint density at radius 1 is 1.47 bits per heavy atom. The normalized spacial score (nSPS) is 11.3. The Labute approximate surface area is 89.8 Å². The van der Waals surface area contributed by atoms with E-state index in [9.17, 15) is 8.42 Å². The first-order valence-electron chi connectivity index (χ1n) is 4.24. The van der Waals surface area contributed by atoms with E-state index >= 15 is 0 Å². The van der Waals surface area contributed by atoms with Crippen molar-refractivity contribution in [2.24, 2.45) is 0 Å². The molecule has 1 aromatic rings. The number of para-hydroxylation sites is 1. The van der Waals surface area contributed by atoms with E-state index in [4.69, 9.17) is 12.2 Å². The second kappa shape index (κ2) is 4.34. The third-order valence-electron chi connectivity index (χ3n) is 1.92. The van der Waals surface area contributed by atoms with Gasteiger partial charge < -0.3 is 5.73 Å². The highest BCUT2D eigenvalue weighted by Gasteiger charge is 2.21. The predicted octanol–water partition coefficient (Wildman–Crippen LogP) is 0.523. The molecule has 5 heteroatoms. The maximum absolute atomic E-state index is 11.9. The zero-order valence-corrected chi connectivity index (χ0v) is 9.16. The van der Waals surface area contributed by atoms with Gasteiger partial charge in [0.1, 0.15) is 4.90 Å². The molecule has 1 rings (SSSR count). The molecular weight excluding hydrogens is 212 g/mol. The highest BCUT2D eigenvalue weighted by molar-refractivity contribution is 7.89. The molecule has 4 nitrogen and oxygen atoms in total. The Balaban J connectivity index is 3.19. The van der Waals surface area contributed by atoms with Gasteiger partial charge in [0, 0.05) is 7.05 Å². The Morgan fingerprint density at radius 2 is 2.07 bits per heavy atom. The van der Waals surface area contributed by atoms with Gasteiger partial charge in [-0.3, -0.25) is 0 Å². The van der Waals surface area contributed by atoms with Gasteiger partial charge in [-0.15, -0.1) is 6.42 Å². The van der Waals surface area contributed by atoms with Gasteiger partial charge in [-0.05, 0) is 12.1 Å². The number of benzene rings is 1. The zero-order chi connectivity index (χ0) is 11.5. The van der Waals surface area contributed by atoms with Gasteiger partial charge in [-0.25, -0.2) is 8.42 Å². The number of sulfonamides is 1. The quantitative estimate of drug-likeness (QED) is 0.601. The second-order valence-electron chi connectivity index (χ2n) is 3.00. The Morgan fingerprint density at radius 3 is 2.60 bits per heavy atom. The van der Waals surface area contributed by atoms with E-state index in [0.29, 0.717) is 0 Å². The van der Waals surface area contributed by atoms with Crippen LogP contribution in [0, 0.1) is 12.3 Å². The van der Waals surface area contributed by atoms with Gasteiger partial charge in [0.15, 0.2) is 0 Å². The van der Waals surface area contributed by atoms with Crippen LogP contribution in [0.3, 0.4) is 0 Å². The first kappa shape index (κ1) is 11.6. The van der Waals surface area contributed by atoms with E-state index in [0.717, 1.165) is 4.31 Å². The molecule has 0 aliphatic carbocycles. The molecule has 0 saturated carbocycles. The first-order valence-corrected chi connectivity index (χ1v) is 5.68. The SMILES string of the molecule is C#CCN(C)S(=O)(=O)c1ccccc1N. The Hall–Kier alpha value is -1.51. The van der Waals surface area contributed by atoms with Crippen molar-refractivity contribution in [1.82, 2.24) is 4.31 Å². The van der Waals surface area contributed by atoms with Gasteiger partial charge >= 0.3 is 0 Å². The summed E-state index contributed by atoms with van der Waals surface area (Å²) >= 11 is 0. The van der Waals surface area contributed by atoms with Crippen LogP contribution in [0.4, 0.5) is 5.69 Å². The molecule has 1 aromatic carbocycles. The fourth-order valence-corrected chi connectivity index (χ4v) is 2.29. The number of terminal acetylenes is 1. The van der Waals surface area contributed by atoms with Crippen LogP contribution in [0.15, 0.2) is 29.2 Å². The van der Waals surface area contributed by atoms with E-state index < -0.39 is 10.0 Å². The molecule has 80 valence electrons. The average molecular weight is 224 g/mol. The lowest BCUT2D eigenvalue weighted by Crippen LogP contribution is -2.27. The topological polar surface area (TPSA) is 63.4 Å². The number of rotatable bonds is 3. The summed E-state index contributed by atoms with van der Waals surface area (Å²) in [5.41, 5.74) is 5.81. The third-order valence-corrected chi connectivity index (χ3v) is 3.80. The van der Waals surface area contributed by atoms with Crippen molar-refractivity contribution in [1.29, 1.82) is 0 Å². The number of hydrogen-bond acceptors (Lipinski definition) is 3. The van der Waals surface area contributed by atoms with Crippen molar-refractivity contribution in [3.05, 3.63) is 24.3 Å². The van der Waals surface area contributed by atoms with Crippen LogP contribution < -0.4 is 5.73 Å². The molecule has 15 heavy (non-hydrogen) atoms. The number of hydrogen-bond donors (Lipinski definition) is 1. The fraction of sp³-hybridized carbons (Fsp3) is 0.200. The summed E-state index contributed by atoms with van der Waals surface area (Å²) in [5, 5.41) is 0. The summed E-state index contributed by atoms with van der Waals surface area (Å²) in [6.45, 7) is 0.0245. The molecule has 0 fully saturated rings. The van der Waals surface area contributed by atoms with Crippen molar-refractivity contribution in [2.75, 3.05) is 19.3 Å². The molecule has 0 aliphatic heterocycles. The first-order chi connectivity index (χ1) is 7.00. The zero-order valence-electron chi connectivity index (χ0n) is 8.34. The van der Waals surface area contributed by atoms with Crippen molar-refractivity contribution < 1.29 is 8.42 Å². The molecule has 2 N–H and O–H groups in total. The van der Waals surface area contributed by atoms with Gasteiger partial charge in [0.25, 0.3) is 0 Å². The minimum atomic E-state index is -3.57. The van der Waals surface area contributed by atoms with E-state index in [-0.39, 0.29) is 17.1 Å². The predicted molar refractivity (Wildman–Crippen MR) is 59.5 cm³/mol. The van der Waals surface area contributed by atoms with Gasteiger partial charge in [-0.2, -0.15) is 4.31 Å². The van der Waals surface area contributed by atoms with Crippen molar-refractivity contribution in [3.8, 4) is 12.3 Å². The monoisotopic (exact) mass is 224 g/mol. The average Bonchev–Trinajstić information content (AvgIpc) is 2.18. The Kier molecular flexibility index (Phi) is 3.35. The lowest BCUT2D eigenvalue weighted by atomic mass is 10.3. The summed E-state index contributed by atoms with van der Waals surface area (Å²) < 4.78 is 24.9. The largest absolute Gasteiger partial charge is 0.398 e. The molecule has 0 saturated heterocycles. The van der Waals surface area contributed by atoms with E-state index in [1.807, 2.05) is 0 Å². The van der Waals surface area contributed by atoms with Crippen molar-refractivity contribution in [2.45, 2.75) is 4.90 Å². The molecule has 0 radical (unpaired) electrons. The van der Waals surface area contributed by atoms with Crippen LogP contribution in [0.1, 0.15) is 0 Å². The highest BCUT2D eigenvalue weighted by atomic mass is 32.2. The molecule has 0 aliphatic rings. The number of nitrogen functional groups attached to an aromatic ring is 1. The van der Waals surface area contributed by atoms with Crippen LogP contribution in [-0.4, -0.2) is 26.3 Å². The standard InChI is InChI=1S/C10H12N2O2S/c1-3-8-12(2)15(13,14)10-7-5-4-6-9(10)11/h1,4-7H,8,11H2,2H3. The maximum Gasteiger partial charge on any atom is 0.245 e. The summed E-state index contributed by atoms with van der Waals surface area (Å²) in [4.78, 5) is 0.0859. The van der Waals surface area contributed by atoms with E-state index in [2.05, 4.69) is 5.92 Å². The van der Waals surface area contributed by atoms with Crippen LogP contribution in [0.2, 0.25) is 0 Å². The van der Waals surface area contributed by atoms with E-state index in [1.54, 1.807) is 12.1 Å². The Bertz CT molecular complexity index is 488. The van der Waals surface area contributed by atoms with Crippen LogP contribution >= 0.6 is 0 Å². The molecule has 0 heterocycles. The van der Waals surface area contributed by atoms with Crippen LogP contribution in [0.25, 0.3) is 0 Å². The fourth-order valence-electron chi connectivity index (χ4n) is 1.10. The molecule has 0 aromatic heterocycles. The lowest BCUT2D eigenvalue weighted by Gasteiger charge is -2.15. The number of nitrogens with two attached hydrogens (primary N) is 1. The third kappa shape index (κ3) is 2.29. The minimum Gasteiger partial charge on any atom is -0.398 e. The summed E-state index contributed by atoms with van der Waals surface area (Å²) in [7, 11) is -2.15. The maximum atomic E-state index is 11.9. The summed E-state index contributed by atoms with van der Waals surface area (Å²) in [5.74, 6) is 2.27. The lowest BCUT2D eigenvalue weighted by molar-refractivity contribution is 0.503. The van der Waals surface area contributed by atoms with Crippen molar-refractivity contribution >= 4 is 15.7 Å². The van der Waals surface area contributed by atoms with Crippen LogP contribution in [0.5, 0.6) is 0 Å². The summed E-state index contributed by atoms with van der Waals surface area (Å²) in [6, 6.07) is 6.29. The van der Waals surface area contributed by atoms with Crippen molar-refractivity contribution in [3.63, 3.8) is 0 Å². The summed E-state index contributed by atoms with van der Waals surface area (Å²) in [6.07, 6.45) is 5.05.